The van der Waals surface area contributed by atoms with Gasteiger partial charge in [0.15, 0.2) is 0 Å². The summed E-state index contributed by atoms with van der Waals surface area (Å²) in [6.07, 6.45) is 1.59. The third-order valence-corrected chi connectivity index (χ3v) is 6.74. The third-order valence-electron chi connectivity index (χ3n) is 5.60. The number of nitrogens with one attached hydrogen (secondary N) is 2. The van der Waals surface area contributed by atoms with Gasteiger partial charge >= 0.3 is 0 Å². The number of hydrogen-bond donors (Lipinski definition) is 2. The number of carbonyl (C=O) groups excluding carboxylic acids is 1. The molecule has 0 spiro atoms. The van der Waals surface area contributed by atoms with Gasteiger partial charge in [0.2, 0.25) is 0 Å². The van der Waals surface area contributed by atoms with Crippen molar-refractivity contribution in [3.05, 3.63) is 82.4 Å². The van der Waals surface area contributed by atoms with E-state index >= 15 is 0 Å². The first-order valence-electron chi connectivity index (χ1n) is 10.0. The van der Waals surface area contributed by atoms with Crippen LogP contribution in [-0.4, -0.2) is 22.8 Å². The standard InChI is InChI=1S/C24H22N4O2S/c1-14-15(2)31-24-20(14)23(29)25-22(26-24)19-13-28(17-7-5-4-6-8-17)27-21(19)16-9-11-18(30-3)12-10-16/h4-13,22,26H,1-3H3,(H,25,29). The van der Waals surface area contributed by atoms with Gasteiger partial charge in [0, 0.05) is 22.2 Å². The quantitative estimate of drug-likeness (QED) is 0.474. The lowest BCUT2D eigenvalue weighted by Crippen LogP contribution is -2.38. The van der Waals surface area contributed by atoms with Crippen molar-refractivity contribution in [2.75, 3.05) is 12.4 Å². The Kier molecular flexibility index (Phi) is 4.75. The summed E-state index contributed by atoms with van der Waals surface area (Å²) in [5.41, 5.74) is 5.37. The molecule has 0 radical (unpaired) electrons. The van der Waals surface area contributed by atoms with E-state index in [9.17, 15) is 4.79 Å². The summed E-state index contributed by atoms with van der Waals surface area (Å²) in [5, 5.41) is 12.4. The van der Waals surface area contributed by atoms with E-state index in [0.29, 0.717) is 0 Å². The number of ether oxygens (including phenoxy) is 1. The summed E-state index contributed by atoms with van der Waals surface area (Å²) < 4.78 is 7.15. The van der Waals surface area contributed by atoms with Crippen molar-refractivity contribution in [2.24, 2.45) is 0 Å². The molecule has 3 heterocycles. The first-order chi connectivity index (χ1) is 15.0. The molecule has 156 valence electrons. The van der Waals surface area contributed by atoms with Gasteiger partial charge < -0.3 is 15.4 Å². The van der Waals surface area contributed by atoms with Crippen molar-refractivity contribution >= 4 is 22.2 Å². The molecule has 5 rings (SSSR count). The van der Waals surface area contributed by atoms with E-state index in [0.717, 1.165) is 49.3 Å². The van der Waals surface area contributed by atoms with Crippen LogP contribution < -0.4 is 15.4 Å². The fraction of sp³-hybridized carbons (Fsp3) is 0.167. The Morgan fingerprint density at radius 3 is 2.48 bits per heavy atom. The molecule has 0 bridgehead atoms. The van der Waals surface area contributed by atoms with Crippen LogP contribution in [0.2, 0.25) is 0 Å². The molecule has 2 N–H and O–H groups in total. The Bertz CT molecular complexity index is 1260. The van der Waals surface area contributed by atoms with Crippen LogP contribution in [0.4, 0.5) is 5.00 Å². The number of benzene rings is 2. The molecule has 1 atom stereocenters. The zero-order valence-electron chi connectivity index (χ0n) is 17.5. The number of carbonyl (C=O) groups is 1. The van der Waals surface area contributed by atoms with Gasteiger partial charge in [0.1, 0.15) is 16.9 Å². The fourth-order valence-electron chi connectivity index (χ4n) is 3.81. The molecule has 0 saturated carbocycles. The highest BCUT2D eigenvalue weighted by Crippen LogP contribution is 2.39. The van der Waals surface area contributed by atoms with Gasteiger partial charge in [-0.15, -0.1) is 11.3 Å². The molecule has 1 unspecified atom stereocenters. The van der Waals surface area contributed by atoms with Gasteiger partial charge in [0.25, 0.3) is 5.91 Å². The Labute approximate surface area is 184 Å². The second-order valence-electron chi connectivity index (χ2n) is 7.48. The molecule has 0 saturated heterocycles. The molecule has 0 fully saturated rings. The molecule has 1 amide bonds. The highest BCUT2D eigenvalue weighted by Gasteiger charge is 2.31. The van der Waals surface area contributed by atoms with Gasteiger partial charge in [0.05, 0.1) is 24.1 Å². The molecular formula is C24H22N4O2S. The van der Waals surface area contributed by atoms with Gasteiger partial charge in [-0.25, -0.2) is 4.68 Å². The SMILES string of the molecule is COc1ccc(-c2nn(-c3ccccc3)cc2C2NC(=O)c3c(sc(C)c3C)N2)cc1. The van der Waals surface area contributed by atoms with Crippen molar-refractivity contribution in [3.8, 4) is 22.7 Å². The first-order valence-corrected chi connectivity index (χ1v) is 10.8. The van der Waals surface area contributed by atoms with Crippen LogP contribution in [0.5, 0.6) is 5.75 Å². The molecule has 31 heavy (non-hydrogen) atoms. The molecule has 1 aliphatic heterocycles. The Hall–Kier alpha value is -3.58. The van der Waals surface area contributed by atoms with Crippen LogP contribution in [-0.2, 0) is 0 Å². The van der Waals surface area contributed by atoms with Crippen LogP contribution in [0.15, 0.2) is 60.8 Å². The molecule has 2 aromatic heterocycles. The number of fused-ring (bicyclic) bond motifs is 1. The monoisotopic (exact) mass is 430 g/mol. The molecular weight excluding hydrogens is 408 g/mol. The molecule has 4 aromatic rings. The lowest BCUT2D eigenvalue weighted by atomic mass is 10.0. The topological polar surface area (TPSA) is 68.2 Å². The number of anilines is 1. The second-order valence-corrected chi connectivity index (χ2v) is 8.70. The summed E-state index contributed by atoms with van der Waals surface area (Å²) in [6.45, 7) is 4.03. The molecule has 1 aliphatic rings. The van der Waals surface area contributed by atoms with Crippen molar-refractivity contribution < 1.29 is 9.53 Å². The van der Waals surface area contributed by atoms with Gasteiger partial charge in [-0.2, -0.15) is 5.10 Å². The van der Waals surface area contributed by atoms with Crippen molar-refractivity contribution in [1.82, 2.24) is 15.1 Å². The first kappa shape index (κ1) is 19.4. The number of amides is 1. The number of aryl methyl sites for hydroxylation is 1. The zero-order chi connectivity index (χ0) is 21.5. The minimum Gasteiger partial charge on any atom is -0.497 e. The summed E-state index contributed by atoms with van der Waals surface area (Å²) >= 11 is 1.61. The lowest BCUT2D eigenvalue weighted by molar-refractivity contribution is 0.0936. The third kappa shape index (κ3) is 3.37. The average Bonchev–Trinajstić information content (AvgIpc) is 3.36. The van der Waals surface area contributed by atoms with Crippen LogP contribution in [0.3, 0.4) is 0 Å². The lowest BCUT2D eigenvalue weighted by Gasteiger charge is -2.26. The number of nitrogens with zero attached hydrogens (tertiary/aromatic N) is 2. The zero-order valence-corrected chi connectivity index (χ0v) is 18.3. The second kappa shape index (κ2) is 7.59. The summed E-state index contributed by atoms with van der Waals surface area (Å²) in [4.78, 5) is 14.1. The average molecular weight is 431 g/mol. The molecule has 6 nitrogen and oxygen atoms in total. The normalized spacial score (nSPS) is 15.2. The fourth-order valence-corrected chi connectivity index (χ4v) is 4.90. The predicted molar refractivity (Wildman–Crippen MR) is 123 cm³/mol. The maximum absolute atomic E-state index is 12.9. The largest absolute Gasteiger partial charge is 0.497 e. The maximum atomic E-state index is 12.9. The minimum absolute atomic E-state index is 0.0613. The summed E-state index contributed by atoms with van der Waals surface area (Å²) in [6, 6.07) is 17.7. The van der Waals surface area contributed by atoms with Crippen molar-refractivity contribution in [2.45, 2.75) is 20.0 Å². The van der Waals surface area contributed by atoms with E-state index < -0.39 is 0 Å². The van der Waals surface area contributed by atoms with E-state index in [1.54, 1.807) is 18.4 Å². The Morgan fingerprint density at radius 1 is 1.03 bits per heavy atom. The van der Waals surface area contributed by atoms with Crippen LogP contribution in [0.25, 0.3) is 16.9 Å². The van der Waals surface area contributed by atoms with Crippen molar-refractivity contribution in [1.29, 1.82) is 0 Å². The van der Waals surface area contributed by atoms with E-state index in [4.69, 9.17) is 9.84 Å². The van der Waals surface area contributed by atoms with Crippen LogP contribution in [0.1, 0.15) is 32.5 Å². The Balaban J connectivity index is 1.61. The van der Waals surface area contributed by atoms with Crippen molar-refractivity contribution in [3.63, 3.8) is 0 Å². The van der Waals surface area contributed by atoms with Gasteiger partial charge in [-0.05, 0) is 55.8 Å². The van der Waals surface area contributed by atoms with Crippen LogP contribution >= 0.6 is 11.3 Å². The number of aromatic nitrogens is 2. The van der Waals surface area contributed by atoms with E-state index in [-0.39, 0.29) is 12.1 Å². The van der Waals surface area contributed by atoms with E-state index in [1.165, 1.54) is 0 Å². The summed E-state index contributed by atoms with van der Waals surface area (Å²) in [5.74, 6) is 0.722. The number of thiophene rings is 1. The molecule has 2 aromatic carbocycles. The predicted octanol–water partition coefficient (Wildman–Crippen LogP) is 5.08. The molecule has 0 aliphatic carbocycles. The van der Waals surface area contributed by atoms with E-state index in [1.807, 2.05) is 79.3 Å². The van der Waals surface area contributed by atoms with Gasteiger partial charge in [-0.3, -0.25) is 4.79 Å². The highest BCUT2D eigenvalue weighted by molar-refractivity contribution is 7.16. The van der Waals surface area contributed by atoms with E-state index in [2.05, 4.69) is 10.6 Å². The number of para-hydroxylation sites is 1. The maximum Gasteiger partial charge on any atom is 0.256 e. The number of hydrogen-bond acceptors (Lipinski definition) is 5. The highest BCUT2D eigenvalue weighted by atomic mass is 32.1. The number of rotatable bonds is 4. The molecule has 7 heteroatoms. The minimum atomic E-state index is -0.382. The van der Waals surface area contributed by atoms with Crippen LogP contribution in [0, 0.1) is 13.8 Å². The smallest absolute Gasteiger partial charge is 0.256 e. The van der Waals surface area contributed by atoms with Gasteiger partial charge in [-0.1, -0.05) is 18.2 Å². The Morgan fingerprint density at radius 2 is 1.77 bits per heavy atom. The number of methoxy groups -OCH3 is 1. The summed E-state index contributed by atoms with van der Waals surface area (Å²) in [7, 11) is 1.65.